The van der Waals surface area contributed by atoms with E-state index in [-0.39, 0.29) is 11.5 Å². The summed E-state index contributed by atoms with van der Waals surface area (Å²) < 4.78 is 1.49. The molecule has 4 heteroatoms. The standard InChI is InChI=1S/C7H8N2O2/c10-6-2-1-3-9-5(6)4-8-7(9)11/h4H,1-3H2,(H,8,11). The SMILES string of the molecule is O=C1CCCn2c1c[nH]c2=O. The smallest absolute Gasteiger partial charge is 0.312 e. The summed E-state index contributed by atoms with van der Waals surface area (Å²) in [5, 5.41) is 0. The number of nitrogens with one attached hydrogen (secondary N) is 1. The first-order valence-corrected chi connectivity index (χ1v) is 3.60. The molecule has 11 heavy (non-hydrogen) atoms. The van der Waals surface area contributed by atoms with Crippen molar-refractivity contribution in [2.75, 3.05) is 0 Å². The van der Waals surface area contributed by atoms with E-state index in [0.717, 1.165) is 6.42 Å². The van der Waals surface area contributed by atoms with Crippen LogP contribution >= 0.6 is 0 Å². The van der Waals surface area contributed by atoms with Crippen LogP contribution in [0.25, 0.3) is 0 Å². The monoisotopic (exact) mass is 152 g/mol. The zero-order valence-corrected chi connectivity index (χ0v) is 5.96. The lowest BCUT2D eigenvalue weighted by atomic mass is 10.1. The molecule has 2 heterocycles. The lowest BCUT2D eigenvalue weighted by Gasteiger charge is -2.10. The van der Waals surface area contributed by atoms with Gasteiger partial charge in [0.05, 0.1) is 0 Å². The number of carbonyl (C=O) groups is 1. The molecule has 0 bridgehead atoms. The molecule has 1 aliphatic rings. The van der Waals surface area contributed by atoms with E-state index in [1.165, 1.54) is 10.8 Å². The number of carbonyl (C=O) groups excluding carboxylic acids is 1. The highest BCUT2D eigenvalue weighted by atomic mass is 16.2. The number of hydrogen-bond acceptors (Lipinski definition) is 2. The third-order valence-corrected chi connectivity index (χ3v) is 1.94. The Morgan fingerprint density at radius 1 is 1.45 bits per heavy atom. The van der Waals surface area contributed by atoms with Crippen LogP contribution in [0.1, 0.15) is 23.3 Å². The van der Waals surface area contributed by atoms with Gasteiger partial charge in [-0.1, -0.05) is 0 Å². The van der Waals surface area contributed by atoms with E-state index in [1.54, 1.807) is 0 Å². The van der Waals surface area contributed by atoms with Crippen LogP contribution in [0, 0.1) is 0 Å². The molecule has 4 nitrogen and oxygen atoms in total. The number of aromatic nitrogens is 2. The summed E-state index contributed by atoms with van der Waals surface area (Å²) >= 11 is 0. The molecule has 2 rings (SSSR count). The molecule has 0 spiro atoms. The summed E-state index contributed by atoms with van der Waals surface area (Å²) in [4.78, 5) is 24.6. The van der Waals surface area contributed by atoms with Crippen LogP contribution in [-0.2, 0) is 6.54 Å². The van der Waals surface area contributed by atoms with Gasteiger partial charge in [0.25, 0.3) is 0 Å². The number of aromatic amines is 1. The topological polar surface area (TPSA) is 54.9 Å². The number of fused-ring (bicyclic) bond motifs is 1. The molecule has 1 aliphatic heterocycles. The van der Waals surface area contributed by atoms with E-state index < -0.39 is 0 Å². The Kier molecular flexibility index (Phi) is 1.21. The number of Topliss-reactive ketones (excluding diaryl/α,β-unsaturated/α-hetero) is 1. The largest absolute Gasteiger partial charge is 0.326 e. The number of H-pyrrole nitrogens is 1. The van der Waals surface area contributed by atoms with E-state index in [1.807, 2.05) is 0 Å². The fourth-order valence-electron chi connectivity index (χ4n) is 1.37. The Morgan fingerprint density at radius 3 is 3.00 bits per heavy atom. The van der Waals surface area contributed by atoms with Crippen molar-refractivity contribution in [1.82, 2.24) is 9.55 Å². The fourth-order valence-corrected chi connectivity index (χ4v) is 1.37. The van der Waals surface area contributed by atoms with Gasteiger partial charge in [0.2, 0.25) is 0 Å². The van der Waals surface area contributed by atoms with Gasteiger partial charge in [0.15, 0.2) is 5.78 Å². The molecule has 0 unspecified atom stereocenters. The fraction of sp³-hybridized carbons (Fsp3) is 0.429. The minimum atomic E-state index is -0.173. The highest BCUT2D eigenvalue weighted by Gasteiger charge is 2.18. The second kappa shape index (κ2) is 2.08. The summed E-state index contributed by atoms with van der Waals surface area (Å²) in [5.74, 6) is 0.0644. The van der Waals surface area contributed by atoms with Crippen molar-refractivity contribution in [1.29, 1.82) is 0 Å². The third-order valence-electron chi connectivity index (χ3n) is 1.94. The minimum Gasteiger partial charge on any atom is -0.312 e. The predicted molar refractivity (Wildman–Crippen MR) is 38.6 cm³/mol. The van der Waals surface area contributed by atoms with Crippen LogP contribution in [0.3, 0.4) is 0 Å². The van der Waals surface area contributed by atoms with Crippen molar-refractivity contribution in [3.8, 4) is 0 Å². The molecule has 0 aliphatic carbocycles. The van der Waals surface area contributed by atoms with Crippen molar-refractivity contribution >= 4 is 5.78 Å². The van der Waals surface area contributed by atoms with Gasteiger partial charge >= 0.3 is 5.69 Å². The molecule has 0 radical (unpaired) electrons. The highest BCUT2D eigenvalue weighted by Crippen LogP contribution is 2.10. The van der Waals surface area contributed by atoms with Gasteiger partial charge in [0, 0.05) is 19.2 Å². The molecule has 0 aromatic carbocycles. The van der Waals surface area contributed by atoms with Crippen LogP contribution in [0.2, 0.25) is 0 Å². The second-order valence-electron chi connectivity index (χ2n) is 2.66. The van der Waals surface area contributed by atoms with E-state index in [0.29, 0.717) is 18.7 Å². The van der Waals surface area contributed by atoms with Crippen molar-refractivity contribution < 1.29 is 4.79 Å². The summed E-state index contributed by atoms with van der Waals surface area (Å²) in [6.45, 7) is 0.670. The highest BCUT2D eigenvalue weighted by molar-refractivity contribution is 5.94. The van der Waals surface area contributed by atoms with Crippen LogP contribution in [0.4, 0.5) is 0 Å². The molecule has 0 saturated carbocycles. The first-order valence-electron chi connectivity index (χ1n) is 3.60. The average molecular weight is 152 g/mol. The Morgan fingerprint density at radius 2 is 2.27 bits per heavy atom. The predicted octanol–water partition coefficient (Wildman–Crippen LogP) is 0.153. The number of imidazole rings is 1. The van der Waals surface area contributed by atoms with Crippen molar-refractivity contribution in [3.05, 3.63) is 22.4 Å². The van der Waals surface area contributed by atoms with Gasteiger partial charge in [-0.3, -0.25) is 9.36 Å². The number of hydrogen-bond donors (Lipinski definition) is 1. The van der Waals surface area contributed by atoms with E-state index in [2.05, 4.69) is 4.98 Å². The van der Waals surface area contributed by atoms with Crippen molar-refractivity contribution in [3.63, 3.8) is 0 Å². The Labute approximate surface area is 62.8 Å². The second-order valence-corrected chi connectivity index (χ2v) is 2.66. The van der Waals surface area contributed by atoms with Gasteiger partial charge in [-0.05, 0) is 6.42 Å². The van der Waals surface area contributed by atoms with Crippen LogP contribution in [0.15, 0.2) is 11.0 Å². The Bertz CT molecular complexity index is 348. The summed E-state index contributed by atoms with van der Waals surface area (Å²) in [7, 11) is 0. The normalized spacial score (nSPS) is 16.5. The number of rotatable bonds is 0. The summed E-state index contributed by atoms with van der Waals surface area (Å²) in [6.07, 6.45) is 2.84. The Balaban J connectivity index is 2.64. The van der Waals surface area contributed by atoms with Crippen LogP contribution in [0.5, 0.6) is 0 Å². The van der Waals surface area contributed by atoms with Gasteiger partial charge in [-0.2, -0.15) is 0 Å². The van der Waals surface area contributed by atoms with Gasteiger partial charge in [-0.15, -0.1) is 0 Å². The zero-order valence-electron chi connectivity index (χ0n) is 5.96. The average Bonchev–Trinajstić information content (AvgIpc) is 2.35. The van der Waals surface area contributed by atoms with E-state index >= 15 is 0 Å². The molecule has 0 fully saturated rings. The van der Waals surface area contributed by atoms with E-state index in [4.69, 9.17) is 0 Å². The molecule has 1 aromatic heterocycles. The molecule has 0 atom stereocenters. The van der Waals surface area contributed by atoms with Gasteiger partial charge < -0.3 is 4.98 Å². The number of nitrogens with zero attached hydrogens (tertiary/aromatic N) is 1. The summed E-state index contributed by atoms with van der Waals surface area (Å²) in [5.41, 5.74) is 0.356. The summed E-state index contributed by atoms with van der Waals surface area (Å²) in [6, 6.07) is 0. The minimum absolute atomic E-state index is 0.0644. The maximum atomic E-state index is 11.1. The molecule has 0 saturated heterocycles. The molecule has 1 aromatic rings. The van der Waals surface area contributed by atoms with Gasteiger partial charge in [-0.25, -0.2) is 4.79 Å². The van der Waals surface area contributed by atoms with Gasteiger partial charge in [0.1, 0.15) is 5.69 Å². The quantitative estimate of drug-likeness (QED) is 0.575. The molecular formula is C7H8N2O2. The molecule has 58 valence electrons. The third kappa shape index (κ3) is 0.824. The maximum absolute atomic E-state index is 11.1. The maximum Gasteiger partial charge on any atom is 0.326 e. The van der Waals surface area contributed by atoms with Crippen molar-refractivity contribution in [2.24, 2.45) is 0 Å². The lowest BCUT2D eigenvalue weighted by molar-refractivity contribution is 0.0954. The molecule has 0 amide bonds. The Hall–Kier alpha value is -1.32. The van der Waals surface area contributed by atoms with Crippen LogP contribution in [-0.4, -0.2) is 15.3 Å². The van der Waals surface area contributed by atoms with E-state index in [9.17, 15) is 9.59 Å². The molecule has 1 N–H and O–H groups in total. The zero-order chi connectivity index (χ0) is 7.84. The van der Waals surface area contributed by atoms with Crippen LogP contribution < -0.4 is 5.69 Å². The first-order chi connectivity index (χ1) is 5.29. The molecular weight excluding hydrogens is 144 g/mol. The number of ketones is 1. The van der Waals surface area contributed by atoms with Crippen molar-refractivity contribution in [2.45, 2.75) is 19.4 Å². The lowest BCUT2D eigenvalue weighted by Crippen LogP contribution is -2.25. The first kappa shape index (κ1) is 6.39.